The van der Waals surface area contributed by atoms with E-state index in [1.54, 1.807) is 24.3 Å². The summed E-state index contributed by atoms with van der Waals surface area (Å²) in [5, 5.41) is 29.3. The van der Waals surface area contributed by atoms with E-state index >= 15 is 0 Å². The minimum absolute atomic E-state index is 0.0427. The first-order valence-corrected chi connectivity index (χ1v) is 8.63. The zero-order chi connectivity index (χ0) is 17.6. The molecule has 1 saturated carbocycles. The van der Waals surface area contributed by atoms with Gasteiger partial charge < -0.3 is 15.3 Å². The summed E-state index contributed by atoms with van der Waals surface area (Å²) < 4.78 is 0. The number of benzene rings is 1. The van der Waals surface area contributed by atoms with Crippen molar-refractivity contribution < 1.29 is 24.9 Å². The molecule has 0 amide bonds. The van der Waals surface area contributed by atoms with E-state index in [4.69, 9.17) is 5.11 Å². The normalized spacial score (nSPS) is 18.0. The van der Waals surface area contributed by atoms with Crippen molar-refractivity contribution in [3.05, 3.63) is 29.8 Å². The van der Waals surface area contributed by atoms with Crippen molar-refractivity contribution in [1.82, 2.24) is 0 Å². The molecule has 1 atom stereocenters. The van der Waals surface area contributed by atoms with Crippen LogP contribution in [-0.2, 0) is 16.0 Å². The zero-order valence-corrected chi connectivity index (χ0v) is 13.9. The van der Waals surface area contributed by atoms with Crippen LogP contribution in [0.5, 0.6) is 5.75 Å². The van der Waals surface area contributed by atoms with Crippen molar-refractivity contribution in [2.45, 2.75) is 63.4 Å². The highest BCUT2D eigenvalue weighted by Crippen LogP contribution is 2.38. The minimum atomic E-state index is -1.15. The molecule has 0 aromatic heterocycles. The Labute approximate surface area is 142 Å². The van der Waals surface area contributed by atoms with E-state index in [0.717, 1.165) is 37.7 Å². The molecule has 1 aromatic rings. The molecule has 132 valence electrons. The molecule has 0 spiro atoms. The number of aliphatic carboxylic acids is 1. The zero-order valence-electron chi connectivity index (χ0n) is 13.9. The van der Waals surface area contributed by atoms with Crippen molar-refractivity contribution >= 4 is 11.8 Å². The Hall–Kier alpha value is -1.88. The Morgan fingerprint density at radius 1 is 1.08 bits per heavy atom. The van der Waals surface area contributed by atoms with Crippen LogP contribution in [0, 0.1) is 5.92 Å². The van der Waals surface area contributed by atoms with Gasteiger partial charge in [0.15, 0.2) is 0 Å². The number of carboxylic acids is 1. The number of aromatic hydroxyl groups is 1. The molecule has 0 radical (unpaired) electrons. The molecular weight excluding hydrogens is 308 g/mol. The Balaban J connectivity index is 2.07. The number of carboxylic acid groups (broad SMARTS) is 1. The van der Waals surface area contributed by atoms with E-state index in [9.17, 15) is 19.8 Å². The fraction of sp³-hybridized carbons (Fsp3) is 0.579. The molecule has 5 heteroatoms. The average Bonchev–Trinajstić information content (AvgIpc) is 2.54. The van der Waals surface area contributed by atoms with Crippen LogP contribution in [0.1, 0.15) is 56.9 Å². The SMILES string of the molecule is O=C(O)CC(=O)CC(O)(CCc1ccc(O)cc1)C1CCCCC1. The van der Waals surface area contributed by atoms with Gasteiger partial charge in [0, 0.05) is 6.42 Å². The third-order valence-corrected chi connectivity index (χ3v) is 5.00. The molecule has 2 rings (SSSR count). The third kappa shape index (κ3) is 5.34. The van der Waals surface area contributed by atoms with Gasteiger partial charge in [-0.2, -0.15) is 0 Å². The summed E-state index contributed by atoms with van der Waals surface area (Å²) in [5.74, 6) is -1.33. The van der Waals surface area contributed by atoms with Gasteiger partial charge >= 0.3 is 5.97 Å². The van der Waals surface area contributed by atoms with Crippen molar-refractivity contribution in [2.75, 3.05) is 0 Å². The molecule has 0 aliphatic heterocycles. The molecule has 1 aliphatic rings. The fourth-order valence-corrected chi connectivity index (χ4v) is 3.67. The number of rotatable bonds is 8. The van der Waals surface area contributed by atoms with Gasteiger partial charge in [0.1, 0.15) is 18.0 Å². The summed E-state index contributed by atoms with van der Waals surface area (Å²) in [6.45, 7) is 0. The van der Waals surface area contributed by atoms with E-state index in [1.165, 1.54) is 0 Å². The fourth-order valence-electron chi connectivity index (χ4n) is 3.67. The van der Waals surface area contributed by atoms with Gasteiger partial charge in [-0.3, -0.25) is 9.59 Å². The second kappa shape index (κ2) is 8.29. The van der Waals surface area contributed by atoms with Crippen molar-refractivity contribution in [2.24, 2.45) is 5.92 Å². The van der Waals surface area contributed by atoms with Crippen LogP contribution >= 0.6 is 0 Å². The van der Waals surface area contributed by atoms with Gasteiger partial charge in [0.2, 0.25) is 0 Å². The Bertz CT molecular complexity index is 560. The number of phenolic OH excluding ortho intramolecular Hbond substituents is 1. The van der Waals surface area contributed by atoms with Crippen LogP contribution in [0.3, 0.4) is 0 Å². The number of hydrogen-bond acceptors (Lipinski definition) is 4. The number of phenols is 1. The first-order chi connectivity index (χ1) is 11.4. The van der Waals surface area contributed by atoms with Gasteiger partial charge in [-0.25, -0.2) is 0 Å². The number of aliphatic hydroxyl groups is 1. The predicted molar refractivity (Wildman–Crippen MR) is 89.8 cm³/mol. The first kappa shape index (κ1) is 18.5. The van der Waals surface area contributed by atoms with Gasteiger partial charge in [-0.1, -0.05) is 31.4 Å². The molecule has 1 aromatic carbocycles. The molecular formula is C19H26O5. The van der Waals surface area contributed by atoms with Gasteiger partial charge in [-0.15, -0.1) is 0 Å². The predicted octanol–water partition coefficient (Wildman–Crippen LogP) is 3.07. The summed E-state index contributed by atoms with van der Waals surface area (Å²) in [5.41, 5.74) is -0.169. The number of aryl methyl sites for hydroxylation is 1. The van der Waals surface area contributed by atoms with Gasteiger partial charge in [0.05, 0.1) is 5.60 Å². The van der Waals surface area contributed by atoms with E-state index in [1.807, 2.05) is 0 Å². The lowest BCUT2D eigenvalue weighted by molar-refractivity contribution is -0.142. The second-order valence-electron chi connectivity index (χ2n) is 6.89. The van der Waals surface area contributed by atoms with Crippen LogP contribution in [-0.4, -0.2) is 32.7 Å². The monoisotopic (exact) mass is 334 g/mol. The van der Waals surface area contributed by atoms with Gasteiger partial charge in [0.25, 0.3) is 0 Å². The van der Waals surface area contributed by atoms with E-state index < -0.39 is 23.8 Å². The number of carbonyl (C=O) groups is 2. The lowest BCUT2D eigenvalue weighted by Gasteiger charge is -2.38. The van der Waals surface area contributed by atoms with Crippen molar-refractivity contribution in [3.63, 3.8) is 0 Å². The third-order valence-electron chi connectivity index (χ3n) is 5.00. The minimum Gasteiger partial charge on any atom is -0.508 e. The number of hydrogen-bond donors (Lipinski definition) is 3. The summed E-state index contributed by atoms with van der Waals surface area (Å²) in [6.07, 6.45) is 5.38. The number of Topliss-reactive ketones (excluding diaryl/α,β-unsaturated/α-hetero) is 1. The largest absolute Gasteiger partial charge is 0.508 e. The van der Waals surface area contributed by atoms with Crippen molar-refractivity contribution in [3.8, 4) is 5.75 Å². The molecule has 0 saturated heterocycles. The number of carbonyl (C=O) groups excluding carboxylic acids is 1. The highest BCUT2D eigenvalue weighted by molar-refractivity contribution is 5.95. The Morgan fingerprint density at radius 2 is 1.71 bits per heavy atom. The van der Waals surface area contributed by atoms with E-state index in [-0.39, 0.29) is 18.1 Å². The highest BCUT2D eigenvalue weighted by atomic mass is 16.4. The Morgan fingerprint density at radius 3 is 2.29 bits per heavy atom. The summed E-state index contributed by atoms with van der Waals surface area (Å²) in [7, 11) is 0. The van der Waals surface area contributed by atoms with Crippen LogP contribution in [0.15, 0.2) is 24.3 Å². The maximum Gasteiger partial charge on any atom is 0.310 e. The lowest BCUT2D eigenvalue weighted by Crippen LogP contribution is -2.42. The maximum atomic E-state index is 12.0. The first-order valence-electron chi connectivity index (χ1n) is 8.63. The summed E-state index contributed by atoms with van der Waals surface area (Å²) in [6, 6.07) is 6.81. The molecule has 5 nitrogen and oxygen atoms in total. The maximum absolute atomic E-state index is 12.0. The quantitative estimate of drug-likeness (QED) is 0.635. The van der Waals surface area contributed by atoms with Crippen LogP contribution in [0.25, 0.3) is 0 Å². The Kier molecular flexibility index (Phi) is 6.37. The summed E-state index contributed by atoms with van der Waals surface area (Å²) >= 11 is 0. The molecule has 1 fully saturated rings. The van der Waals surface area contributed by atoms with Crippen molar-refractivity contribution in [1.29, 1.82) is 0 Å². The smallest absolute Gasteiger partial charge is 0.310 e. The standard InChI is InChI=1S/C19H26O5/c20-16-8-6-14(7-9-16)10-11-19(24,13-17(21)12-18(22)23)15-4-2-1-3-5-15/h6-9,15,20,24H,1-5,10-13H2,(H,22,23). The lowest BCUT2D eigenvalue weighted by atomic mass is 9.72. The molecule has 0 heterocycles. The summed E-state index contributed by atoms with van der Waals surface area (Å²) in [4.78, 5) is 22.8. The topological polar surface area (TPSA) is 94.8 Å². The highest BCUT2D eigenvalue weighted by Gasteiger charge is 2.38. The van der Waals surface area contributed by atoms with Crippen LogP contribution < -0.4 is 0 Å². The average molecular weight is 334 g/mol. The van der Waals surface area contributed by atoms with Crippen LogP contribution in [0.4, 0.5) is 0 Å². The number of ketones is 1. The molecule has 0 bridgehead atoms. The van der Waals surface area contributed by atoms with Gasteiger partial charge in [-0.05, 0) is 49.3 Å². The molecule has 1 aliphatic carbocycles. The molecule has 24 heavy (non-hydrogen) atoms. The van der Waals surface area contributed by atoms with E-state index in [0.29, 0.717) is 12.8 Å². The second-order valence-corrected chi connectivity index (χ2v) is 6.89. The van der Waals surface area contributed by atoms with Crippen LogP contribution in [0.2, 0.25) is 0 Å². The molecule has 3 N–H and O–H groups in total. The van der Waals surface area contributed by atoms with E-state index in [2.05, 4.69) is 0 Å². The molecule has 1 unspecified atom stereocenters.